The Balaban J connectivity index is 0.00000541. The van der Waals surface area contributed by atoms with Gasteiger partial charge in [0.1, 0.15) is 22.0 Å². The van der Waals surface area contributed by atoms with Gasteiger partial charge in [-0.15, -0.1) is 18.9 Å². The summed E-state index contributed by atoms with van der Waals surface area (Å²) in [6.07, 6.45) is 0. The molecule has 0 aromatic heterocycles. The van der Waals surface area contributed by atoms with E-state index in [1.165, 1.54) is 36.4 Å². The van der Waals surface area contributed by atoms with Gasteiger partial charge in [-0.2, -0.15) is 18.6 Å². The molecule has 0 amide bonds. The number of hydrogen-bond donors (Lipinski definition) is 6. The Labute approximate surface area is 319 Å². The minimum atomic E-state index is -4.62. The Kier molecular flexibility index (Phi) is 13.0. The van der Waals surface area contributed by atoms with Crippen molar-refractivity contribution in [3.63, 3.8) is 0 Å². The molecule has 0 atom stereocenters. The molecular weight excluding hydrogens is 802 g/mol. The second-order valence-corrected chi connectivity index (χ2v) is 13.7. The maximum Gasteiger partial charge on any atom is 0.295 e. The number of rotatable bonds is 13. The van der Waals surface area contributed by atoms with E-state index >= 15 is 0 Å². The first-order valence-corrected chi connectivity index (χ1v) is 17.6. The van der Waals surface area contributed by atoms with Gasteiger partial charge in [0.25, 0.3) is 10.1 Å². The fourth-order valence-corrected chi connectivity index (χ4v) is 6.84. The van der Waals surface area contributed by atoms with Crippen LogP contribution in [-0.2, 0) is 45.9 Å². The van der Waals surface area contributed by atoms with Gasteiger partial charge in [0.15, 0.2) is 5.75 Å². The molecule has 6 N–H and O–H groups in total. The summed E-state index contributed by atoms with van der Waals surface area (Å²) in [6.45, 7) is 1.70. The summed E-state index contributed by atoms with van der Waals surface area (Å²) in [4.78, 5) is 0.0293. The van der Waals surface area contributed by atoms with Crippen molar-refractivity contribution >= 4 is 89.9 Å². The van der Waals surface area contributed by atoms with Crippen molar-refractivity contribution in [1.82, 2.24) is 0 Å². The Hall–Kier alpha value is -4.67. The van der Waals surface area contributed by atoms with Crippen molar-refractivity contribution in [1.29, 1.82) is 0 Å². The fraction of sp³-hybridized carbons (Fsp3) is 0.0303. The van der Waals surface area contributed by atoms with Gasteiger partial charge < -0.3 is 15.5 Å². The zero-order valence-electron chi connectivity index (χ0n) is 26.7. The van der Waals surface area contributed by atoms with Crippen LogP contribution in [0.5, 0.6) is 11.5 Å². The summed E-state index contributed by atoms with van der Waals surface area (Å²) in [5, 5.41) is 68.3. The number of aryl methyl sites for hydroxylation is 1. The van der Waals surface area contributed by atoms with Gasteiger partial charge in [-0.1, -0.05) is 34.3 Å². The van der Waals surface area contributed by atoms with Crippen LogP contribution in [0.1, 0.15) is 5.56 Å². The second-order valence-electron chi connectivity index (χ2n) is 10.8. The van der Waals surface area contributed by atoms with E-state index in [4.69, 9.17) is 10.5 Å². The molecule has 1 radical (unpaired) electrons. The zero-order valence-corrected chi connectivity index (χ0v) is 30.1. The molecule has 53 heavy (non-hydrogen) atoms. The predicted octanol–water partition coefficient (Wildman–Crippen LogP) is 10.4. The SMILES string of the molecule is Cc1cc(N=Nc2c(SOOO)cc3cc(Nc4ccccc4)ccc3c2O)c(O)cc1N=Nc1ccc2c(S(=O)(=O)O)cc(SOOO)cc2c1.[Cu]. The minimum Gasteiger partial charge on any atom is -0.506 e. The van der Waals surface area contributed by atoms with Gasteiger partial charge in [-0.3, -0.25) is 4.55 Å². The molecule has 0 aliphatic carbocycles. The van der Waals surface area contributed by atoms with Gasteiger partial charge in [0, 0.05) is 50.2 Å². The quantitative estimate of drug-likeness (QED) is 0.0159. The van der Waals surface area contributed by atoms with Crippen LogP contribution in [-0.4, -0.2) is 33.7 Å². The normalized spacial score (nSPS) is 11.8. The second kappa shape index (κ2) is 17.4. The van der Waals surface area contributed by atoms with E-state index in [0.717, 1.165) is 17.4 Å². The number of azo groups is 2. The molecule has 6 rings (SSSR count). The van der Waals surface area contributed by atoms with Crippen molar-refractivity contribution in [3.05, 3.63) is 103 Å². The number of nitrogens with one attached hydrogen (secondary N) is 1. The molecule has 0 aliphatic rings. The molecule has 20 heteroatoms. The van der Waals surface area contributed by atoms with E-state index in [1.807, 2.05) is 36.4 Å². The average molecular weight is 827 g/mol. The molecule has 0 saturated carbocycles. The van der Waals surface area contributed by atoms with Gasteiger partial charge in [-0.05, 0) is 90.0 Å². The van der Waals surface area contributed by atoms with E-state index in [0.29, 0.717) is 51.5 Å². The van der Waals surface area contributed by atoms with Crippen molar-refractivity contribution in [2.45, 2.75) is 21.6 Å². The van der Waals surface area contributed by atoms with Gasteiger partial charge in [-0.25, -0.2) is 10.5 Å². The van der Waals surface area contributed by atoms with Crippen LogP contribution in [0.3, 0.4) is 0 Å². The summed E-state index contributed by atoms with van der Waals surface area (Å²) in [7, 11) is -4.62. The summed E-state index contributed by atoms with van der Waals surface area (Å²) >= 11 is 1.09. The molecule has 16 nitrogen and oxygen atoms in total. The van der Waals surface area contributed by atoms with Crippen molar-refractivity contribution in [3.8, 4) is 11.5 Å². The number of nitrogens with zero attached hydrogens (tertiary/aromatic N) is 4. The topological polar surface area (TPSA) is 234 Å². The van der Waals surface area contributed by atoms with Crippen LogP contribution in [0.25, 0.3) is 21.5 Å². The zero-order chi connectivity index (χ0) is 36.8. The Morgan fingerprint density at radius 3 is 2.13 bits per heavy atom. The molecular formula is C33H25CuN5O11S3. The standard InChI is InChI=1S/C33H25N5O11S3.Cu/c1-18-11-28(29(39)17-27(18)36-35-23-8-9-25-19(13-23)14-24(50-48-46-41)16-31(25)52(43,44)45)37-38-32-30(51-49-47-42)15-20-12-22(7-10-26(20)33(32)40)34-21-5-3-2-4-6-21;/h2-17,34,39-42H,1H3,(H,43,44,45);. The number of phenols is 2. The summed E-state index contributed by atoms with van der Waals surface area (Å²) in [6, 6.07) is 26.4. The number of para-hydroxylation sites is 1. The third-order valence-electron chi connectivity index (χ3n) is 7.40. The molecule has 0 aliphatic heterocycles. The van der Waals surface area contributed by atoms with E-state index in [2.05, 4.69) is 44.5 Å². The van der Waals surface area contributed by atoms with Gasteiger partial charge >= 0.3 is 0 Å². The molecule has 0 bridgehead atoms. The van der Waals surface area contributed by atoms with E-state index in [-0.39, 0.29) is 60.8 Å². The third-order valence-corrected chi connectivity index (χ3v) is 9.47. The number of aromatic hydroxyl groups is 2. The summed E-state index contributed by atoms with van der Waals surface area (Å²) < 4.78 is 42.7. The van der Waals surface area contributed by atoms with Crippen LogP contribution < -0.4 is 5.32 Å². The summed E-state index contributed by atoms with van der Waals surface area (Å²) in [5.41, 5.74) is 2.74. The number of hydrogen-bond acceptors (Lipinski definition) is 17. The van der Waals surface area contributed by atoms with Crippen LogP contribution in [0.4, 0.5) is 34.1 Å². The Bertz CT molecular complexity index is 2460. The third kappa shape index (κ3) is 9.47. The minimum absolute atomic E-state index is 0. The Morgan fingerprint density at radius 1 is 0.698 bits per heavy atom. The molecule has 277 valence electrons. The average Bonchev–Trinajstić information content (AvgIpc) is 3.12. The molecule has 0 heterocycles. The predicted molar refractivity (Wildman–Crippen MR) is 192 cm³/mol. The monoisotopic (exact) mass is 826 g/mol. The molecule has 0 saturated heterocycles. The van der Waals surface area contributed by atoms with Crippen molar-refractivity contribution in [2.75, 3.05) is 5.32 Å². The van der Waals surface area contributed by atoms with Crippen LogP contribution in [0.2, 0.25) is 0 Å². The molecule has 0 unspecified atom stereocenters. The van der Waals surface area contributed by atoms with Gasteiger partial charge in [0.2, 0.25) is 0 Å². The largest absolute Gasteiger partial charge is 0.506 e. The first-order chi connectivity index (χ1) is 25.0. The molecule has 6 aromatic rings. The molecule has 0 fully saturated rings. The van der Waals surface area contributed by atoms with Crippen LogP contribution in [0, 0.1) is 6.92 Å². The van der Waals surface area contributed by atoms with Crippen molar-refractivity contribution < 1.29 is 69.5 Å². The molecule has 6 aromatic carbocycles. The fourth-order valence-electron chi connectivity index (χ4n) is 5.08. The van der Waals surface area contributed by atoms with Crippen LogP contribution >= 0.6 is 24.1 Å². The number of anilines is 2. The number of benzene rings is 6. The van der Waals surface area contributed by atoms with Crippen LogP contribution in [0.15, 0.2) is 132 Å². The van der Waals surface area contributed by atoms with E-state index < -0.39 is 15.0 Å². The van der Waals surface area contributed by atoms with E-state index in [1.54, 1.807) is 25.1 Å². The maximum atomic E-state index is 12.0. The molecule has 0 spiro atoms. The maximum absolute atomic E-state index is 12.0. The van der Waals surface area contributed by atoms with Crippen molar-refractivity contribution in [2.24, 2.45) is 20.5 Å². The Morgan fingerprint density at radius 2 is 1.40 bits per heavy atom. The number of fused-ring (bicyclic) bond motifs is 2. The van der Waals surface area contributed by atoms with Gasteiger partial charge in [0.05, 0.1) is 40.4 Å². The van der Waals surface area contributed by atoms with E-state index in [9.17, 15) is 23.2 Å². The first-order valence-electron chi connectivity index (χ1n) is 14.7. The smallest absolute Gasteiger partial charge is 0.295 e. The first kappa shape index (κ1) is 39.5. The number of phenolic OH excluding ortho intramolecular Hbond substituents is 2. The summed E-state index contributed by atoms with van der Waals surface area (Å²) in [5.74, 6) is -0.550.